The SMILES string of the molecule is CC(C)=CCNc1nc(Cl)nc(-n2cncn2)n1. The Hall–Kier alpha value is -2.02. The van der Waals surface area contributed by atoms with Crippen LogP contribution in [0.2, 0.25) is 5.28 Å². The Balaban J connectivity index is 2.19. The number of hydrogen-bond acceptors (Lipinski definition) is 6. The van der Waals surface area contributed by atoms with Crippen molar-refractivity contribution in [2.45, 2.75) is 13.8 Å². The van der Waals surface area contributed by atoms with Crippen molar-refractivity contribution in [2.24, 2.45) is 0 Å². The lowest BCUT2D eigenvalue weighted by molar-refractivity contribution is 0.795. The minimum atomic E-state index is 0.107. The summed E-state index contributed by atoms with van der Waals surface area (Å²) >= 11 is 5.83. The highest BCUT2D eigenvalue weighted by Crippen LogP contribution is 2.08. The number of allylic oxidation sites excluding steroid dienone is 1. The van der Waals surface area contributed by atoms with Crippen molar-refractivity contribution < 1.29 is 0 Å². The molecule has 0 radical (unpaired) electrons. The molecule has 0 aromatic carbocycles. The molecule has 0 saturated heterocycles. The van der Waals surface area contributed by atoms with Gasteiger partial charge in [0.1, 0.15) is 12.7 Å². The van der Waals surface area contributed by atoms with Crippen LogP contribution in [0.25, 0.3) is 5.95 Å². The first-order valence-electron chi connectivity index (χ1n) is 5.29. The molecular formula is C10H12ClN7. The van der Waals surface area contributed by atoms with Gasteiger partial charge in [0.2, 0.25) is 11.2 Å². The fourth-order valence-corrected chi connectivity index (χ4v) is 1.33. The Labute approximate surface area is 109 Å². The molecule has 94 valence electrons. The van der Waals surface area contributed by atoms with E-state index >= 15 is 0 Å². The quantitative estimate of drug-likeness (QED) is 0.844. The summed E-state index contributed by atoms with van der Waals surface area (Å²) in [6.07, 6.45) is 4.91. The van der Waals surface area contributed by atoms with E-state index in [4.69, 9.17) is 11.6 Å². The van der Waals surface area contributed by atoms with E-state index in [9.17, 15) is 0 Å². The average Bonchev–Trinajstić information content (AvgIpc) is 2.81. The van der Waals surface area contributed by atoms with Gasteiger partial charge in [-0.15, -0.1) is 0 Å². The van der Waals surface area contributed by atoms with E-state index in [0.29, 0.717) is 18.4 Å². The normalized spacial score (nSPS) is 10.2. The topological polar surface area (TPSA) is 81.4 Å². The van der Waals surface area contributed by atoms with E-state index in [1.165, 1.54) is 22.9 Å². The van der Waals surface area contributed by atoms with Crippen LogP contribution >= 0.6 is 11.6 Å². The predicted molar refractivity (Wildman–Crippen MR) is 67.7 cm³/mol. The number of anilines is 1. The van der Waals surface area contributed by atoms with Crippen LogP contribution in [0.5, 0.6) is 0 Å². The van der Waals surface area contributed by atoms with Crippen LogP contribution in [0.15, 0.2) is 24.3 Å². The highest BCUT2D eigenvalue weighted by atomic mass is 35.5. The lowest BCUT2D eigenvalue weighted by Gasteiger charge is -2.04. The van der Waals surface area contributed by atoms with Gasteiger partial charge in [-0.2, -0.15) is 24.7 Å². The molecule has 0 amide bonds. The van der Waals surface area contributed by atoms with Gasteiger partial charge >= 0.3 is 0 Å². The number of aromatic nitrogens is 6. The van der Waals surface area contributed by atoms with Gasteiger partial charge in [0, 0.05) is 6.54 Å². The molecule has 0 saturated carbocycles. The van der Waals surface area contributed by atoms with Crippen LogP contribution in [-0.2, 0) is 0 Å². The average molecular weight is 266 g/mol. The van der Waals surface area contributed by atoms with E-state index in [1.54, 1.807) is 0 Å². The Morgan fingerprint density at radius 1 is 1.39 bits per heavy atom. The smallest absolute Gasteiger partial charge is 0.258 e. The van der Waals surface area contributed by atoms with Crippen molar-refractivity contribution >= 4 is 17.5 Å². The van der Waals surface area contributed by atoms with Crippen LogP contribution in [0, 0.1) is 0 Å². The molecule has 18 heavy (non-hydrogen) atoms. The molecule has 0 bridgehead atoms. The van der Waals surface area contributed by atoms with Crippen LogP contribution in [0.3, 0.4) is 0 Å². The molecule has 2 rings (SSSR count). The standard InChI is InChI=1S/C10H12ClN7/c1-7(2)3-4-13-9-15-8(11)16-10(17-9)18-6-12-5-14-18/h3,5-6H,4H2,1-2H3,(H,13,15,16,17). The minimum Gasteiger partial charge on any atom is -0.351 e. The number of nitrogens with zero attached hydrogens (tertiary/aromatic N) is 6. The lowest BCUT2D eigenvalue weighted by atomic mass is 10.3. The summed E-state index contributed by atoms with van der Waals surface area (Å²) in [5, 5.41) is 7.07. The van der Waals surface area contributed by atoms with Crippen LogP contribution in [-0.4, -0.2) is 36.3 Å². The molecule has 2 aromatic heterocycles. The monoisotopic (exact) mass is 265 g/mol. The summed E-state index contributed by atoms with van der Waals surface area (Å²) in [4.78, 5) is 16.0. The second-order valence-electron chi connectivity index (χ2n) is 3.73. The van der Waals surface area contributed by atoms with Crippen molar-refractivity contribution in [1.82, 2.24) is 29.7 Å². The Kier molecular flexibility index (Phi) is 3.83. The van der Waals surface area contributed by atoms with E-state index in [0.717, 1.165) is 0 Å². The third-order valence-electron chi connectivity index (χ3n) is 1.99. The largest absolute Gasteiger partial charge is 0.351 e. The third-order valence-corrected chi connectivity index (χ3v) is 2.16. The first kappa shape index (κ1) is 12.4. The Bertz CT molecular complexity index is 545. The highest BCUT2D eigenvalue weighted by Gasteiger charge is 2.06. The van der Waals surface area contributed by atoms with Gasteiger partial charge in [-0.25, -0.2) is 4.98 Å². The van der Waals surface area contributed by atoms with Crippen molar-refractivity contribution in [1.29, 1.82) is 0 Å². The second-order valence-corrected chi connectivity index (χ2v) is 4.07. The van der Waals surface area contributed by atoms with Gasteiger partial charge in [-0.3, -0.25) is 0 Å². The van der Waals surface area contributed by atoms with Gasteiger partial charge in [-0.1, -0.05) is 11.6 Å². The molecule has 8 heteroatoms. The first-order valence-corrected chi connectivity index (χ1v) is 5.67. The zero-order chi connectivity index (χ0) is 13.0. The fourth-order valence-electron chi connectivity index (χ4n) is 1.18. The maximum atomic E-state index is 5.83. The molecule has 2 aromatic rings. The number of hydrogen-bond donors (Lipinski definition) is 1. The Morgan fingerprint density at radius 3 is 2.89 bits per heavy atom. The zero-order valence-electron chi connectivity index (χ0n) is 10.0. The van der Waals surface area contributed by atoms with Crippen molar-refractivity contribution in [3.63, 3.8) is 0 Å². The zero-order valence-corrected chi connectivity index (χ0v) is 10.8. The molecular weight excluding hydrogens is 254 g/mol. The second kappa shape index (κ2) is 5.54. The maximum absolute atomic E-state index is 5.83. The van der Waals surface area contributed by atoms with E-state index in [-0.39, 0.29) is 5.28 Å². The Morgan fingerprint density at radius 2 is 2.22 bits per heavy atom. The van der Waals surface area contributed by atoms with Crippen LogP contribution in [0.4, 0.5) is 5.95 Å². The highest BCUT2D eigenvalue weighted by molar-refractivity contribution is 6.28. The van der Waals surface area contributed by atoms with Gasteiger partial charge in [0.15, 0.2) is 0 Å². The minimum absolute atomic E-state index is 0.107. The number of rotatable bonds is 4. The van der Waals surface area contributed by atoms with Gasteiger partial charge in [0.05, 0.1) is 0 Å². The third kappa shape index (κ3) is 3.24. The maximum Gasteiger partial charge on any atom is 0.258 e. The summed E-state index contributed by atoms with van der Waals surface area (Å²) in [6.45, 7) is 4.66. The molecule has 0 unspecified atom stereocenters. The molecule has 7 nitrogen and oxygen atoms in total. The summed E-state index contributed by atoms with van der Waals surface area (Å²) in [5.41, 5.74) is 1.21. The molecule has 2 heterocycles. The molecule has 0 atom stereocenters. The van der Waals surface area contributed by atoms with Gasteiger partial charge in [-0.05, 0) is 25.4 Å². The molecule has 0 aliphatic heterocycles. The van der Waals surface area contributed by atoms with Crippen LogP contribution < -0.4 is 5.32 Å². The lowest BCUT2D eigenvalue weighted by Crippen LogP contribution is -2.09. The molecule has 0 fully saturated rings. The van der Waals surface area contributed by atoms with Crippen molar-refractivity contribution in [2.75, 3.05) is 11.9 Å². The summed E-state index contributed by atoms with van der Waals surface area (Å²) < 4.78 is 1.42. The van der Waals surface area contributed by atoms with E-state index in [2.05, 4.69) is 30.4 Å². The summed E-state index contributed by atoms with van der Waals surface area (Å²) in [6, 6.07) is 0. The van der Waals surface area contributed by atoms with Crippen molar-refractivity contribution in [3.8, 4) is 5.95 Å². The fraction of sp³-hybridized carbons (Fsp3) is 0.300. The molecule has 0 aliphatic rings. The summed E-state index contributed by atoms with van der Waals surface area (Å²) in [7, 11) is 0. The molecule has 1 N–H and O–H groups in total. The van der Waals surface area contributed by atoms with Gasteiger partial charge < -0.3 is 5.32 Å². The molecule has 0 spiro atoms. The molecule has 0 aliphatic carbocycles. The van der Waals surface area contributed by atoms with E-state index in [1.807, 2.05) is 19.9 Å². The predicted octanol–water partition coefficient (Wildman–Crippen LogP) is 1.48. The van der Waals surface area contributed by atoms with E-state index < -0.39 is 0 Å². The number of nitrogens with one attached hydrogen (secondary N) is 1. The van der Waals surface area contributed by atoms with Crippen LogP contribution in [0.1, 0.15) is 13.8 Å². The summed E-state index contributed by atoms with van der Waals surface area (Å²) in [5.74, 6) is 0.727. The first-order chi connectivity index (χ1) is 8.65. The number of halogens is 1. The van der Waals surface area contributed by atoms with Crippen molar-refractivity contribution in [3.05, 3.63) is 29.6 Å². The van der Waals surface area contributed by atoms with Gasteiger partial charge in [0.25, 0.3) is 5.95 Å².